The highest BCUT2D eigenvalue weighted by Gasteiger charge is 2.42. The standard InChI is InChI=1S/C16H20BBr3N3/c1-16(2)8-22(7-5-21-16)15-17-10-12(19)13(20)11(18)9-4-3-6-23(15)14(9)10/h15,21H,3-8H2,1-2H3. The first-order chi connectivity index (χ1) is 10.9. The third-order valence-electron chi connectivity index (χ3n) is 5.15. The number of nitrogens with zero attached hydrogens (tertiary/aromatic N) is 2. The number of rotatable bonds is 1. The van der Waals surface area contributed by atoms with E-state index in [1.54, 1.807) is 0 Å². The van der Waals surface area contributed by atoms with Gasteiger partial charge in [0.15, 0.2) is 0 Å². The van der Waals surface area contributed by atoms with Crippen LogP contribution in [0.15, 0.2) is 13.4 Å². The SMILES string of the molecule is CC1(C)CN(C2[B]c3c(Br)c(Br)c(Br)c4c3N2CCC4)CCN1. The molecule has 1 atom stereocenters. The van der Waals surface area contributed by atoms with E-state index in [0.717, 1.165) is 37.1 Å². The number of benzene rings is 1. The molecule has 3 heterocycles. The molecule has 3 aliphatic rings. The molecule has 23 heavy (non-hydrogen) atoms. The molecule has 1 N–H and O–H groups in total. The van der Waals surface area contributed by atoms with Crippen LogP contribution < -0.4 is 15.7 Å². The van der Waals surface area contributed by atoms with Crippen LogP contribution in [-0.4, -0.2) is 50.0 Å². The topological polar surface area (TPSA) is 18.5 Å². The molecule has 0 spiro atoms. The second kappa shape index (κ2) is 6.01. The van der Waals surface area contributed by atoms with Crippen LogP contribution in [0.4, 0.5) is 5.69 Å². The fourth-order valence-electron chi connectivity index (χ4n) is 4.18. The van der Waals surface area contributed by atoms with Crippen LogP contribution in [0.5, 0.6) is 0 Å². The van der Waals surface area contributed by atoms with Crippen molar-refractivity contribution in [1.29, 1.82) is 0 Å². The highest BCUT2D eigenvalue weighted by molar-refractivity contribution is 9.14. The van der Waals surface area contributed by atoms with Gasteiger partial charge in [-0.2, -0.15) is 0 Å². The average Bonchev–Trinajstić information content (AvgIpc) is 2.90. The first kappa shape index (κ1) is 16.9. The van der Waals surface area contributed by atoms with Crippen molar-refractivity contribution in [3.8, 4) is 0 Å². The maximum absolute atomic E-state index is 3.81. The van der Waals surface area contributed by atoms with Crippen LogP contribution in [0.2, 0.25) is 0 Å². The van der Waals surface area contributed by atoms with Gasteiger partial charge in [0.05, 0.1) is 6.07 Å². The molecular formula is C16H20BBr3N3. The number of anilines is 1. The zero-order chi connectivity index (χ0) is 16.4. The van der Waals surface area contributed by atoms with Crippen molar-refractivity contribution in [2.24, 2.45) is 0 Å². The Bertz CT molecular complexity index is 665. The summed E-state index contributed by atoms with van der Waals surface area (Å²) in [6, 6.07) is 0.378. The van der Waals surface area contributed by atoms with E-state index < -0.39 is 0 Å². The van der Waals surface area contributed by atoms with Gasteiger partial charge in [0.1, 0.15) is 0 Å². The second-order valence-corrected chi connectivity index (χ2v) is 9.72. The van der Waals surface area contributed by atoms with Crippen molar-refractivity contribution in [3.63, 3.8) is 0 Å². The largest absolute Gasteiger partial charge is 0.363 e. The molecule has 3 aliphatic heterocycles. The van der Waals surface area contributed by atoms with Crippen LogP contribution >= 0.6 is 47.8 Å². The minimum atomic E-state index is 0.178. The van der Waals surface area contributed by atoms with Gasteiger partial charge in [-0.15, -0.1) is 0 Å². The highest BCUT2D eigenvalue weighted by atomic mass is 79.9. The Kier molecular flexibility index (Phi) is 4.41. The number of halogens is 3. The van der Waals surface area contributed by atoms with Gasteiger partial charge >= 0.3 is 0 Å². The van der Waals surface area contributed by atoms with E-state index in [0.29, 0.717) is 6.07 Å². The molecule has 1 radical (unpaired) electrons. The van der Waals surface area contributed by atoms with Crippen molar-refractivity contribution >= 4 is 66.2 Å². The monoisotopic (exact) mass is 502 g/mol. The van der Waals surface area contributed by atoms with Gasteiger partial charge in [0.2, 0.25) is 7.28 Å². The fourth-order valence-corrected chi connectivity index (χ4v) is 6.00. The maximum atomic E-state index is 3.81. The minimum Gasteiger partial charge on any atom is -0.363 e. The van der Waals surface area contributed by atoms with Gasteiger partial charge in [0, 0.05) is 50.8 Å². The normalized spacial score (nSPS) is 26.1. The predicted octanol–water partition coefficient (Wildman–Crippen LogP) is 3.04. The van der Waals surface area contributed by atoms with E-state index in [1.807, 2.05) is 0 Å². The van der Waals surface area contributed by atoms with Crippen LogP contribution in [0, 0.1) is 0 Å². The average molecular weight is 505 g/mol. The van der Waals surface area contributed by atoms with Crippen molar-refractivity contribution in [1.82, 2.24) is 10.2 Å². The summed E-state index contributed by atoms with van der Waals surface area (Å²) in [6.45, 7) is 8.98. The van der Waals surface area contributed by atoms with Crippen molar-refractivity contribution in [3.05, 3.63) is 19.0 Å². The lowest BCUT2D eigenvalue weighted by Crippen LogP contribution is -2.63. The quantitative estimate of drug-likeness (QED) is 0.469. The van der Waals surface area contributed by atoms with Crippen LogP contribution in [0.3, 0.4) is 0 Å². The lowest BCUT2D eigenvalue weighted by Gasteiger charge is -2.46. The summed E-state index contributed by atoms with van der Waals surface area (Å²) < 4.78 is 3.53. The van der Waals surface area contributed by atoms with E-state index in [1.165, 1.54) is 32.1 Å². The molecule has 123 valence electrons. The Morgan fingerprint density at radius 2 is 1.91 bits per heavy atom. The maximum Gasteiger partial charge on any atom is 0.205 e. The molecule has 1 fully saturated rings. The molecule has 1 unspecified atom stereocenters. The Morgan fingerprint density at radius 1 is 1.13 bits per heavy atom. The van der Waals surface area contributed by atoms with Gasteiger partial charge < -0.3 is 10.2 Å². The van der Waals surface area contributed by atoms with E-state index in [2.05, 4.69) is 84.0 Å². The van der Waals surface area contributed by atoms with E-state index in [9.17, 15) is 0 Å². The van der Waals surface area contributed by atoms with E-state index in [4.69, 9.17) is 0 Å². The number of hydrogen-bond donors (Lipinski definition) is 1. The summed E-state index contributed by atoms with van der Waals surface area (Å²) in [5, 5.41) is 3.62. The fraction of sp³-hybridized carbons (Fsp3) is 0.625. The minimum absolute atomic E-state index is 0.178. The van der Waals surface area contributed by atoms with Gasteiger partial charge in [-0.25, -0.2) is 0 Å². The van der Waals surface area contributed by atoms with Crippen molar-refractivity contribution in [2.75, 3.05) is 31.1 Å². The smallest absolute Gasteiger partial charge is 0.205 e. The zero-order valence-corrected chi connectivity index (χ0v) is 18.2. The molecule has 0 aromatic heterocycles. The molecule has 3 nitrogen and oxygen atoms in total. The molecule has 4 rings (SSSR count). The molecule has 7 heteroatoms. The number of hydrogen-bond acceptors (Lipinski definition) is 3. The first-order valence-corrected chi connectivity index (χ1v) is 10.6. The Hall–Kier alpha value is 0.445. The molecule has 0 saturated carbocycles. The molecular weight excluding hydrogens is 485 g/mol. The number of piperazine rings is 1. The summed E-state index contributed by atoms with van der Waals surface area (Å²) in [6.07, 6.45) is 2.37. The van der Waals surface area contributed by atoms with E-state index >= 15 is 0 Å². The Morgan fingerprint density at radius 3 is 2.65 bits per heavy atom. The lowest BCUT2D eigenvalue weighted by molar-refractivity contribution is 0.138. The van der Waals surface area contributed by atoms with Gasteiger partial charge in [0.25, 0.3) is 0 Å². The molecule has 0 bridgehead atoms. The van der Waals surface area contributed by atoms with Crippen LogP contribution in [0.25, 0.3) is 0 Å². The molecule has 1 aromatic carbocycles. The molecule has 0 amide bonds. The van der Waals surface area contributed by atoms with Crippen LogP contribution in [-0.2, 0) is 6.42 Å². The van der Waals surface area contributed by atoms with Crippen LogP contribution in [0.1, 0.15) is 25.8 Å². The van der Waals surface area contributed by atoms with Gasteiger partial charge in [-0.05, 0) is 69.6 Å². The Labute approximate surface area is 164 Å². The third kappa shape index (κ3) is 2.75. The summed E-state index contributed by atoms with van der Waals surface area (Å²) in [5.41, 5.74) is 4.42. The van der Waals surface area contributed by atoms with E-state index in [-0.39, 0.29) is 5.54 Å². The zero-order valence-electron chi connectivity index (χ0n) is 13.4. The lowest BCUT2D eigenvalue weighted by atomic mass is 9.68. The van der Waals surface area contributed by atoms with Crippen molar-refractivity contribution in [2.45, 2.75) is 38.3 Å². The highest BCUT2D eigenvalue weighted by Crippen LogP contribution is 2.43. The summed E-state index contributed by atoms with van der Waals surface area (Å²) in [4.78, 5) is 5.23. The predicted molar refractivity (Wildman–Crippen MR) is 108 cm³/mol. The Balaban J connectivity index is 1.74. The molecule has 1 aromatic rings. The first-order valence-electron chi connectivity index (χ1n) is 8.19. The van der Waals surface area contributed by atoms with Gasteiger partial charge in [-0.3, -0.25) is 4.90 Å². The van der Waals surface area contributed by atoms with Crippen molar-refractivity contribution < 1.29 is 0 Å². The summed E-state index contributed by atoms with van der Waals surface area (Å²) in [7, 11) is 2.45. The number of nitrogens with one attached hydrogen (secondary N) is 1. The van der Waals surface area contributed by atoms with Gasteiger partial charge in [-0.1, -0.05) is 15.9 Å². The second-order valence-electron chi connectivity index (χ2n) is 7.34. The summed E-state index contributed by atoms with van der Waals surface area (Å²) in [5.74, 6) is 0. The summed E-state index contributed by atoms with van der Waals surface area (Å²) >= 11 is 11.4. The molecule has 0 aliphatic carbocycles. The molecule has 1 saturated heterocycles. The third-order valence-corrected chi connectivity index (χ3v) is 8.71.